The lowest BCUT2D eigenvalue weighted by Crippen LogP contribution is -2.46. The highest BCUT2D eigenvalue weighted by Crippen LogP contribution is 2.22. The van der Waals surface area contributed by atoms with E-state index in [1.54, 1.807) is 11.3 Å². The third-order valence-electron chi connectivity index (χ3n) is 2.95. The van der Waals surface area contributed by atoms with Crippen LogP contribution in [0.1, 0.15) is 23.2 Å². The van der Waals surface area contributed by atoms with Crippen molar-refractivity contribution in [3.63, 3.8) is 0 Å². The van der Waals surface area contributed by atoms with Gasteiger partial charge in [-0.05, 0) is 41.4 Å². The Labute approximate surface area is 108 Å². The first-order valence-electron chi connectivity index (χ1n) is 5.40. The van der Waals surface area contributed by atoms with Gasteiger partial charge in [0.1, 0.15) is 0 Å². The van der Waals surface area contributed by atoms with Gasteiger partial charge < -0.3 is 10.2 Å². The first-order valence-corrected chi connectivity index (χ1v) is 7.07. The molecular formula is C11H15BrN2OS. The number of hydrogen-bond donors (Lipinski definition) is 1. The second-order valence-electron chi connectivity index (χ2n) is 4.06. The Bertz CT molecular complexity index is 374. The highest BCUT2D eigenvalue weighted by atomic mass is 79.9. The predicted octanol–water partition coefficient (Wildman–Crippen LogP) is 2.33. The molecule has 1 saturated heterocycles. The molecule has 0 spiro atoms. The zero-order chi connectivity index (χ0) is 11.5. The largest absolute Gasteiger partial charge is 0.337 e. The molecule has 1 aromatic heterocycles. The van der Waals surface area contributed by atoms with Crippen molar-refractivity contribution in [1.82, 2.24) is 10.2 Å². The molecular weight excluding hydrogens is 288 g/mol. The van der Waals surface area contributed by atoms with Gasteiger partial charge in [-0.1, -0.05) is 0 Å². The number of nitrogens with zero attached hydrogens (tertiary/aromatic N) is 1. The van der Waals surface area contributed by atoms with E-state index in [1.165, 1.54) is 0 Å². The highest BCUT2D eigenvalue weighted by Gasteiger charge is 2.23. The molecule has 0 aromatic carbocycles. The molecule has 1 aliphatic rings. The average Bonchev–Trinajstić information content (AvgIpc) is 2.75. The minimum absolute atomic E-state index is 0.121. The molecule has 3 nitrogen and oxygen atoms in total. The molecule has 0 radical (unpaired) electrons. The third-order valence-corrected chi connectivity index (χ3v) is 4.46. The van der Waals surface area contributed by atoms with Gasteiger partial charge in [0, 0.05) is 25.0 Å². The standard InChI is InChI=1S/C11H15BrN2OS/c1-14(9-3-2-4-13-6-9)11(15)8-5-10(12)16-7-8/h5,7,9,13H,2-4,6H2,1H3. The Morgan fingerprint density at radius 1 is 1.69 bits per heavy atom. The normalized spacial score (nSPS) is 20.8. The zero-order valence-electron chi connectivity index (χ0n) is 9.20. The number of carbonyl (C=O) groups excluding carboxylic acids is 1. The second kappa shape index (κ2) is 5.29. The molecule has 1 aromatic rings. The fourth-order valence-corrected chi connectivity index (χ4v) is 3.09. The van der Waals surface area contributed by atoms with E-state index in [0.29, 0.717) is 6.04 Å². The van der Waals surface area contributed by atoms with E-state index in [4.69, 9.17) is 0 Å². The lowest BCUT2D eigenvalue weighted by atomic mass is 10.1. The number of nitrogens with one attached hydrogen (secondary N) is 1. The topological polar surface area (TPSA) is 32.3 Å². The van der Waals surface area contributed by atoms with Crippen molar-refractivity contribution in [3.05, 3.63) is 20.8 Å². The molecule has 0 aliphatic carbocycles. The molecule has 1 atom stereocenters. The van der Waals surface area contributed by atoms with Gasteiger partial charge in [-0.2, -0.15) is 0 Å². The zero-order valence-corrected chi connectivity index (χ0v) is 11.6. The summed E-state index contributed by atoms with van der Waals surface area (Å²) in [7, 11) is 1.89. The number of thiophene rings is 1. The van der Waals surface area contributed by atoms with Crippen molar-refractivity contribution in [3.8, 4) is 0 Å². The highest BCUT2D eigenvalue weighted by molar-refractivity contribution is 9.11. The van der Waals surface area contributed by atoms with Crippen LogP contribution in [0, 0.1) is 0 Å². The molecule has 2 heterocycles. The smallest absolute Gasteiger partial charge is 0.254 e. The summed E-state index contributed by atoms with van der Waals surface area (Å²) in [6.45, 7) is 1.98. The number of carbonyl (C=O) groups is 1. The predicted molar refractivity (Wildman–Crippen MR) is 70.0 cm³/mol. The Morgan fingerprint density at radius 2 is 2.50 bits per heavy atom. The molecule has 2 rings (SSSR count). The van der Waals surface area contributed by atoms with Crippen molar-refractivity contribution in [1.29, 1.82) is 0 Å². The van der Waals surface area contributed by atoms with E-state index in [9.17, 15) is 4.79 Å². The Hall–Kier alpha value is -0.390. The minimum atomic E-state index is 0.121. The van der Waals surface area contributed by atoms with Gasteiger partial charge >= 0.3 is 0 Å². The van der Waals surface area contributed by atoms with Crippen LogP contribution in [0.5, 0.6) is 0 Å². The summed E-state index contributed by atoms with van der Waals surface area (Å²) in [5, 5.41) is 5.23. The molecule has 1 amide bonds. The van der Waals surface area contributed by atoms with Gasteiger partial charge in [0.2, 0.25) is 0 Å². The summed E-state index contributed by atoms with van der Waals surface area (Å²) < 4.78 is 1.01. The van der Waals surface area contributed by atoms with Gasteiger partial charge in [-0.3, -0.25) is 4.79 Å². The fraction of sp³-hybridized carbons (Fsp3) is 0.545. The molecule has 1 unspecified atom stereocenters. The summed E-state index contributed by atoms with van der Waals surface area (Å²) in [6, 6.07) is 2.22. The SMILES string of the molecule is CN(C(=O)c1csc(Br)c1)C1CCCNC1. The molecule has 0 saturated carbocycles. The van der Waals surface area contributed by atoms with E-state index < -0.39 is 0 Å². The molecule has 88 valence electrons. The molecule has 0 bridgehead atoms. The number of rotatable bonds is 2. The lowest BCUT2D eigenvalue weighted by Gasteiger charge is -2.31. The van der Waals surface area contributed by atoms with Crippen molar-refractivity contribution in [2.75, 3.05) is 20.1 Å². The molecule has 5 heteroatoms. The maximum atomic E-state index is 12.1. The Kier molecular flexibility index (Phi) is 4.00. The summed E-state index contributed by atoms with van der Waals surface area (Å²) in [5.41, 5.74) is 0.782. The van der Waals surface area contributed by atoms with Gasteiger partial charge in [-0.15, -0.1) is 11.3 Å². The van der Waals surface area contributed by atoms with Crippen molar-refractivity contribution >= 4 is 33.2 Å². The van der Waals surface area contributed by atoms with Gasteiger partial charge in [0.25, 0.3) is 5.91 Å². The summed E-state index contributed by atoms with van der Waals surface area (Å²) in [6.07, 6.45) is 2.25. The van der Waals surface area contributed by atoms with Crippen LogP contribution in [0.4, 0.5) is 0 Å². The number of halogens is 1. The van der Waals surface area contributed by atoms with E-state index >= 15 is 0 Å². The van der Waals surface area contributed by atoms with Crippen molar-refractivity contribution in [2.45, 2.75) is 18.9 Å². The van der Waals surface area contributed by atoms with Crippen LogP contribution in [0.15, 0.2) is 15.2 Å². The van der Waals surface area contributed by atoms with Crippen LogP contribution >= 0.6 is 27.3 Å². The molecule has 1 fully saturated rings. The molecule has 1 aliphatic heterocycles. The van der Waals surface area contributed by atoms with Crippen molar-refractivity contribution in [2.24, 2.45) is 0 Å². The maximum Gasteiger partial charge on any atom is 0.254 e. The Morgan fingerprint density at radius 3 is 3.06 bits per heavy atom. The second-order valence-corrected chi connectivity index (χ2v) is 6.35. The first kappa shape index (κ1) is 12.1. The Balaban J connectivity index is 2.03. The van der Waals surface area contributed by atoms with Crippen LogP contribution in [-0.2, 0) is 0 Å². The van der Waals surface area contributed by atoms with Crippen LogP contribution in [0.2, 0.25) is 0 Å². The minimum Gasteiger partial charge on any atom is -0.337 e. The van der Waals surface area contributed by atoms with Crippen LogP contribution in [0.3, 0.4) is 0 Å². The number of piperidine rings is 1. The van der Waals surface area contributed by atoms with Gasteiger partial charge in [-0.25, -0.2) is 0 Å². The fourth-order valence-electron chi connectivity index (χ4n) is 1.96. The molecule has 16 heavy (non-hydrogen) atoms. The van der Waals surface area contributed by atoms with Gasteiger partial charge in [0.15, 0.2) is 0 Å². The van der Waals surface area contributed by atoms with Crippen LogP contribution < -0.4 is 5.32 Å². The third kappa shape index (κ3) is 2.64. The summed E-state index contributed by atoms with van der Waals surface area (Å²) >= 11 is 4.93. The number of amides is 1. The quantitative estimate of drug-likeness (QED) is 0.909. The van der Waals surface area contributed by atoms with E-state index in [1.807, 2.05) is 23.4 Å². The summed E-state index contributed by atoms with van der Waals surface area (Å²) in [5.74, 6) is 0.121. The monoisotopic (exact) mass is 302 g/mol. The van der Waals surface area contributed by atoms with E-state index in [2.05, 4.69) is 21.2 Å². The summed E-state index contributed by atoms with van der Waals surface area (Å²) in [4.78, 5) is 14.0. The van der Waals surface area contributed by atoms with Crippen molar-refractivity contribution < 1.29 is 4.79 Å². The maximum absolute atomic E-state index is 12.1. The number of hydrogen-bond acceptors (Lipinski definition) is 3. The van der Waals surface area contributed by atoms with Crippen LogP contribution in [0.25, 0.3) is 0 Å². The molecule has 1 N–H and O–H groups in total. The van der Waals surface area contributed by atoms with Gasteiger partial charge in [0.05, 0.1) is 9.35 Å². The average molecular weight is 303 g/mol. The number of likely N-dealkylation sites (N-methyl/N-ethyl adjacent to an activating group) is 1. The first-order chi connectivity index (χ1) is 7.68. The lowest BCUT2D eigenvalue weighted by molar-refractivity contribution is 0.0709. The van der Waals surface area contributed by atoms with E-state index in [-0.39, 0.29) is 5.91 Å². The van der Waals surface area contributed by atoms with Crippen LogP contribution in [-0.4, -0.2) is 37.0 Å². The van der Waals surface area contributed by atoms with E-state index in [0.717, 1.165) is 35.3 Å².